The van der Waals surface area contributed by atoms with Crippen LogP contribution in [0, 0.1) is 5.92 Å². The fraction of sp³-hybridized carbons (Fsp3) is 0.458. The molecule has 1 aliphatic carbocycles. The van der Waals surface area contributed by atoms with E-state index in [9.17, 15) is 22.3 Å². The monoisotopic (exact) mass is 538 g/mol. The fourth-order valence-electron chi connectivity index (χ4n) is 4.37. The van der Waals surface area contributed by atoms with Crippen molar-refractivity contribution in [3.8, 4) is 34.6 Å². The molecule has 0 spiro atoms. The lowest BCUT2D eigenvalue weighted by atomic mass is 9.77. The van der Waals surface area contributed by atoms with Crippen LogP contribution in [-0.4, -0.2) is 71.9 Å². The van der Waals surface area contributed by atoms with Crippen LogP contribution in [0.1, 0.15) is 25.6 Å². The quantitative estimate of drug-likeness (QED) is 0.414. The number of pyridine rings is 1. The standard InChI is InChI=1S/C24H28F2N4O6S/c1-14(22(31)15-11-24(25,26)12-15)37(32,33)13-19-28-29-23(16-7-5-10-20(27-16)36-4)30(19)21-17(34-2)8-6-9-18(21)35-3/h5-10,14-15,22,31H,11-13H2,1-4H3/t14-,22+/m0/s1. The van der Waals surface area contributed by atoms with E-state index in [-0.39, 0.29) is 11.6 Å². The van der Waals surface area contributed by atoms with E-state index >= 15 is 0 Å². The van der Waals surface area contributed by atoms with Gasteiger partial charge in [0.1, 0.15) is 28.6 Å². The van der Waals surface area contributed by atoms with Gasteiger partial charge < -0.3 is 19.3 Å². The van der Waals surface area contributed by atoms with E-state index in [1.807, 2.05) is 0 Å². The molecule has 200 valence electrons. The first-order valence-electron chi connectivity index (χ1n) is 11.5. The second-order valence-electron chi connectivity index (χ2n) is 8.88. The average Bonchev–Trinajstić information content (AvgIpc) is 3.27. The van der Waals surface area contributed by atoms with Gasteiger partial charge in [0.25, 0.3) is 0 Å². The lowest BCUT2D eigenvalue weighted by molar-refractivity contribution is -0.140. The summed E-state index contributed by atoms with van der Waals surface area (Å²) in [6, 6.07) is 10.0. The predicted molar refractivity (Wildman–Crippen MR) is 130 cm³/mol. The number of nitrogens with zero attached hydrogens (tertiary/aromatic N) is 4. The van der Waals surface area contributed by atoms with Crippen molar-refractivity contribution in [1.82, 2.24) is 19.7 Å². The Kier molecular flexibility index (Phi) is 7.38. The number of methoxy groups -OCH3 is 3. The summed E-state index contributed by atoms with van der Waals surface area (Å²) in [5, 5.41) is 17.6. The van der Waals surface area contributed by atoms with Gasteiger partial charge in [0.2, 0.25) is 11.8 Å². The highest BCUT2D eigenvalue weighted by molar-refractivity contribution is 7.91. The number of aliphatic hydroxyl groups is 1. The van der Waals surface area contributed by atoms with E-state index in [1.54, 1.807) is 36.4 Å². The molecule has 1 N–H and O–H groups in total. The van der Waals surface area contributed by atoms with Crippen molar-refractivity contribution in [3.63, 3.8) is 0 Å². The number of halogens is 2. The molecule has 0 amide bonds. The van der Waals surface area contributed by atoms with Crippen LogP contribution >= 0.6 is 0 Å². The van der Waals surface area contributed by atoms with Gasteiger partial charge in [-0.15, -0.1) is 10.2 Å². The zero-order valence-electron chi connectivity index (χ0n) is 20.8. The molecule has 0 unspecified atom stereocenters. The lowest BCUT2D eigenvalue weighted by Crippen LogP contribution is -2.48. The minimum atomic E-state index is -4.07. The van der Waals surface area contributed by atoms with Crippen LogP contribution in [0.4, 0.5) is 8.78 Å². The number of aromatic nitrogens is 4. The molecule has 2 heterocycles. The number of rotatable bonds is 10. The number of benzene rings is 1. The lowest BCUT2D eigenvalue weighted by Gasteiger charge is -2.39. The summed E-state index contributed by atoms with van der Waals surface area (Å²) < 4.78 is 71.1. The van der Waals surface area contributed by atoms with Crippen molar-refractivity contribution in [2.75, 3.05) is 21.3 Å². The van der Waals surface area contributed by atoms with E-state index in [1.165, 1.54) is 32.8 Å². The Hall–Kier alpha value is -3.32. The maximum atomic E-state index is 13.4. The van der Waals surface area contributed by atoms with Gasteiger partial charge in [-0.2, -0.15) is 0 Å². The highest BCUT2D eigenvalue weighted by atomic mass is 32.2. The van der Waals surface area contributed by atoms with Gasteiger partial charge in [-0.3, -0.25) is 4.57 Å². The van der Waals surface area contributed by atoms with Crippen LogP contribution in [-0.2, 0) is 15.6 Å². The summed E-state index contributed by atoms with van der Waals surface area (Å²) in [4.78, 5) is 4.40. The van der Waals surface area contributed by atoms with E-state index in [0.29, 0.717) is 28.8 Å². The molecular formula is C24H28F2N4O6S. The zero-order valence-corrected chi connectivity index (χ0v) is 21.6. The van der Waals surface area contributed by atoms with Crippen LogP contribution in [0.2, 0.25) is 0 Å². The molecule has 1 saturated carbocycles. The summed E-state index contributed by atoms with van der Waals surface area (Å²) in [5.74, 6) is -3.11. The molecule has 37 heavy (non-hydrogen) atoms. The Morgan fingerprint density at radius 3 is 2.24 bits per heavy atom. The van der Waals surface area contributed by atoms with Crippen LogP contribution in [0.25, 0.3) is 17.2 Å². The van der Waals surface area contributed by atoms with E-state index in [2.05, 4.69) is 15.2 Å². The number of sulfone groups is 1. The zero-order chi connectivity index (χ0) is 27.0. The summed E-state index contributed by atoms with van der Waals surface area (Å²) in [5.41, 5.74) is 0.683. The van der Waals surface area contributed by atoms with Gasteiger partial charge in [-0.1, -0.05) is 12.1 Å². The molecule has 10 nitrogen and oxygen atoms in total. The smallest absolute Gasteiger partial charge is 0.248 e. The molecule has 1 aromatic carbocycles. The molecule has 2 aromatic heterocycles. The number of ether oxygens (including phenoxy) is 3. The van der Waals surface area contributed by atoms with E-state index in [4.69, 9.17) is 14.2 Å². The Balaban J connectivity index is 1.80. The SMILES string of the molecule is COc1cccc(-c2nnc(CS(=O)(=O)[C@@H](C)[C@@H](O)C3CC(F)(F)C3)n2-c2c(OC)cccc2OC)n1. The number of hydrogen-bond donors (Lipinski definition) is 1. The Bertz CT molecular complexity index is 1350. The third kappa shape index (κ3) is 5.23. The molecule has 1 fully saturated rings. The first-order chi connectivity index (χ1) is 17.5. The number of hydrogen-bond acceptors (Lipinski definition) is 9. The maximum Gasteiger partial charge on any atom is 0.248 e. The average molecular weight is 539 g/mol. The predicted octanol–water partition coefficient (Wildman–Crippen LogP) is 3.06. The van der Waals surface area contributed by atoms with Gasteiger partial charge in [0, 0.05) is 18.9 Å². The molecule has 0 aliphatic heterocycles. The highest BCUT2D eigenvalue weighted by Gasteiger charge is 2.51. The number of aliphatic hydroxyl groups excluding tert-OH is 1. The normalized spacial score (nSPS) is 17.1. The summed E-state index contributed by atoms with van der Waals surface area (Å²) in [7, 11) is 0.301. The molecule has 2 atom stereocenters. The maximum absolute atomic E-state index is 13.4. The van der Waals surface area contributed by atoms with E-state index in [0.717, 1.165) is 0 Å². The summed E-state index contributed by atoms with van der Waals surface area (Å²) in [6.07, 6.45) is -2.54. The third-order valence-corrected chi connectivity index (χ3v) is 8.57. The van der Waals surface area contributed by atoms with Gasteiger partial charge in [-0.25, -0.2) is 22.2 Å². The second kappa shape index (κ2) is 10.2. The molecule has 0 bridgehead atoms. The number of alkyl halides is 2. The van der Waals surface area contributed by atoms with Gasteiger partial charge >= 0.3 is 0 Å². The largest absolute Gasteiger partial charge is 0.494 e. The van der Waals surface area contributed by atoms with Crippen molar-refractivity contribution in [2.45, 2.75) is 42.8 Å². The third-order valence-electron chi connectivity index (χ3n) is 6.50. The minimum absolute atomic E-state index is 0.000379. The second-order valence-corrected chi connectivity index (χ2v) is 11.2. The fourth-order valence-corrected chi connectivity index (χ4v) is 5.83. The Morgan fingerprint density at radius 1 is 1.05 bits per heavy atom. The summed E-state index contributed by atoms with van der Waals surface area (Å²) >= 11 is 0. The summed E-state index contributed by atoms with van der Waals surface area (Å²) in [6.45, 7) is 1.31. The van der Waals surface area contributed by atoms with Crippen LogP contribution in [0.3, 0.4) is 0 Å². The van der Waals surface area contributed by atoms with Gasteiger partial charge in [-0.05, 0) is 31.0 Å². The van der Waals surface area contributed by atoms with Crippen molar-refractivity contribution in [1.29, 1.82) is 0 Å². The van der Waals surface area contributed by atoms with Crippen molar-refractivity contribution in [3.05, 3.63) is 42.2 Å². The van der Waals surface area contributed by atoms with Crippen LogP contribution < -0.4 is 14.2 Å². The van der Waals surface area contributed by atoms with Crippen LogP contribution in [0.15, 0.2) is 36.4 Å². The molecule has 0 radical (unpaired) electrons. The number of para-hydroxylation sites is 1. The first kappa shape index (κ1) is 26.7. The molecule has 13 heteroatoms. The Labute approximate surface area is 213 Å². The minimum Gasteiger partial charge on any atom is -0.494 e. The van der Waals surface area contributed by atoms with E-state index < -0.39 is 51.6 Å². The Morgan fingerprint density at radius 2 is 1.68 bits per heavy atom. The first-order valence-corrected chi connectivity index (χ1v) is 13.2. The molecule has 4 rings (SSSR count). The topological polar surface area (TPSA) is 126 Å². The van der Waals surface area contributed by atoms with Crippen molar-refractivity contribution >= 4 is 9.84 Å². The van der Waals surface area contributed by atoms with Gasteiger partial charge in [0.05, 0.1) is 32.7 Å². The van der Waals surface area contributed by atoms with Crippen LogP contribution in [0.5, 0.6) is 17.4 Å². The highest BCUT2D eigenvalue weighted by Crippen LogP contribution is 2.45. The van der Waals surface area contributed by atoms with Gasteiger partial charge in [0.15, 0.2) is 21.5 Å². The molecule has 0 saturated heterocycles. The van der Waals surface area contributed by atoms with Crippen molar-refractivity contribution < 1.29 is 36.5 Å². The molecule has 1 aliphatic rings. The van der Waals surface area contributed by atoms with Crippen molar-refractivity contribution in [2.24, 2.45) is 5.92 Å². The molecular weight excluding hydrogens is 510 g/mol. The molecule has 3 aromatic rings.